The van der Waals surface area contributed by atoms with Crippen molar-refractivity contribution in [1.29, 1.82) is 0 Å². The van der Waals surface area contributed by atoms with Crippen molar-refractivity contribution in [3.63, 3.8) is 0 Å². The van der Waals surface area contributed by atoms with Crippen LogP contribution >= 0.6 is 0 Å². The van der Waals surface area contributed by atoms with Crippen molar-refractivity contribution in [2.45, 2.75) is 26.4 Å². The van der Waals surface area contributed by atoms with Gasteiger partial charge in [-0.3, -0.25) is 4.90 Å². The molecule has 1 rings (SSSR count). The van der Waals surface area contributed by atoms with Crippen LogP contribution in [0.3, 0.4) is 0 Å². The van der Waals surface area contributed by atoms with Crippen molar-refractivity contribution in [1.82, 2.24) is 0 Å². The highest BCUT2D eigenvalue weighted by Gasteiger charge is 2.23. The monoisotopic (exact) mass is 283 g/mol. The number of ether oxygens (including phenoxy) is 1. The van der Waals surface area contributed by atoms with Crippen LogP contribution in [0.1, 0.15) is 26.3 Å². The highest BCUT2D eigenvalue weighted by atomic mass is 16.6. The van der Waals surface area contributed by atoms with Gasteiger partial charge in [0.25, 0.3) is 0 Å². The Morgan fingerprint density at radius 2 is 2.10 bits per heavy atom. The van der Waals surface area contributed by atoms with Gasteiger partial charge < -0.3 is 4.74 Å². The smallest absolute Gasteiger partial charge is 0.415 e. The number of para-hydroxylation sites is 1. The zero-order chi connectivity index (χ0) is 15.9. The average Bonchev–Trinajstić information content (AvgIpc) is 2.41. The third-order valence-corrected chi connectivity index (χ3v) is 2.52. The molecule has 0 aromatic heterocycles. The molecule has 3 nitrogen and oxygen atoms in total. The number of carbonyl (C=O) groups excluding carboxylic acids is 1. The number of hydrogen-bond acceptors (Lipinski definition) is 2. The van der Waals surface area contributed by atoms with E-state index in [1.807, 2.05) is 39.0 Å². The van der Waals surface area contributed by atoms with Gasteiger partial charge >= 0.3 is 6.09 Å². The summed E-state index contributed by atoms with van der Waals surface area (Å²) in [6.45, 7) is 9.46. The quantitative estimate of drug-likeness (QED) is 0.613. The van der Waals surface area contributed by atoms with Gasteiger partial charge in [0.15, 0.2) is 0 Å². The second-order valence-corrected chi connectivity index (χ2v) is 5.42. The molecule has 0 N–H and O–H groups in total. The molecule has 0 aliphatic carbocycles. The molecule has 0 spiro atoms. The number of allylic oxidation sites excluding steroid dienone is 2. The first-order chi connectivity index (χ1) is 9.89. The Morgan fingerprint density at radius 1 is 1.43 bits per heavy atom. The molecule has 0 aliphatic rings. The van der Waals surface area contributed by atoms with Gasteiger partial charge in [0, 0.05) is 12.1 Å². The van der Waals surface area contributed by atoms with Crippen LogP contribution in [-0.2, 0) is 4.74 Å². The summed E-state index contributed by atoms with van der Waals surface area (Å²) in [5.41, 5.74) is 0.737. The summed E-state index contributed by atoms with van der Waals surface area (Å²) in [4.78, 5) is 13.9. The van der Waals surface area contributed by atoms with Gasteiger partial charge in [-0.1, -0.05) is 42.9 Å². The average molecular weight is 283 g/mol. The number of nitrogens with zero attached hydrogens (tertiary/aromatic N) is 1. The summed E-state index contributed by atoms with van der Waals surface area (Å²) in [6.07, 6.45) is 10.3. The van der Waals surface area contributed by atoms with Crippen LogP contribution < -0.4 is 4.90 Å². The lowest BCUT2D eigenvalue weighted by molar-refractivity contribution is 0.0584. The number of rotatable bonds is 4. The first kappa shape index (κ1) is 16.6. The maximum atomic E-state index is 12.4. The Bertz CT molecular complexity index is 574. The number of anilines is 1. The van der Waals surface area contributed by atoms with E-state index in [0.717, 1.165) is 0 Å². The lowest BCUT2D eigenvalue weighted by atomic mass is 10.1. The lowest BCUT2D eigenvalue weighted by Crippen LogP contribution is -2.37. The van der Waals surface area contributed by atoms with Crippen molar-refractivity contribution in [2.24, 2.45) is 0 Å². The van der Waals surface area contributed by atoms with E-state index in [4.69, 9.17) is 11.2 Å². The highest BCUT2D eigenvalue weighted by Crippen LogP contribution is 2.22. The molecule has 1 aromatic rings. The van der Waals surface area contributed by atoms with Crippen molar-refractivity contribution in [3.05, 3.63) is 54.6 Å². The minimum atomic E-state index is -0.567. The zero-order valence-corrected chi connectivity index (χ0v) is 12.8. The first-order valence-electron chi connectivity index (χ1n) is 6.73. The molecular weight excluding hydrogens is 262 g/mol. The third kappa shape index (κ3) is 5.19. The number of benzene rings is 1. The Balaban J connectivity index is 3.13. The SMILES string of the molecule is C#Cc1ccccc1N(C/C=C\C=C)C(=O)OC(C)(C)C. The van der Waals surface area contributed by atoms with Gasteiger partial charge in [-0.25, -0.2) is 4.79 Å². The largest absolute Gasteiger partial charge is 0.443 e. The third-order valence-electron chi connectivity index (χ3n) is 2.52. The predicted molar refractivity (Wildman–Crippen MR) is 87.3 cm³/mol. The Kier molecular flexibility index (Phi) is 5.80. The van der Waals surface area contributed by atoms with E-state index in [2.05, 4.69) is 12.5 Å². The maximum Gasteiger partial charge on any atom is 0.415 e. The topological polar surface area (TPSA) is 29.5 Å². The van der Waals surface area contributed by atoms with Crippen LogP contribution in [-0.4, -0.2) is 18.2 Å². The Morgan fingerprint density at radius 3 is 2.67 bits per heavy atom. The van der Waals surface area contributed by atoms with E-state index >= 15 is 0 Å². The molecule has 0 bridgehead atoms. The van der Waals surface area contributed by atoms with Gasteiger partial charge in [0.05, 0.1) is 5.69 Å². The molecule has 3 heteroatoms. The minimum absolute atomic E-state index is 0.361. The van der Waals surface area contributed by atoms with Crippen molar-refractivity contribution >= 4 is 11.8 Å². The van der Waals surface area contributed by atoms with E-state index in [9.17, 15) is 4.79 Å². The summed E-state index contributed by atoms with van der Waals surface area (Å²) in [5.74, 6) is 2.59. The highest BCUT2D eigenvalue weighted by molar-refractivity contribution is 5.90. The fourth-order valence-corrected chi connectivity index (χ4v) is 1.68. The molecule has 0 aliphatic heterocycles. The molecule has 0 saturated carbocycles. The van der Waals surface area contributed by atoms with Crippen molar-refractivity contribution < 1.29 is 9.53 Å². The van der Waals surface area contributed by atoms with Crippen LogP contribution in [0.5, 0.6) is 0 Å². The van der Waals surface area contributed by atoms with E-state index in [-0.39, 0.29) is 0 Å². The molecule has 0 heterocycles. The fraction of sp³-hybridized carbons (Fsp3) is 0.278. The Hall–Kier alpha value is -2.47. The van der Waals surface area contributed by atoms with Crippen molar-refractivity contribution in [2.75, 3.05) is 11.4 Å². The van der Waals surface area contributed by atoms with Crippen LogP contribution in [0.25, 0.3) is 0 Å². The zero-order valence-electron chi connectivity index (χ0n) is 12.8. The summed E-state index contributed by atoms with van der Waals surface area (Å²) in [6, 6.07) is 7.28. The van der Waals surface area contributed by atoms with Crippen LogP contribution in [0.2, 0.25) is 0 Å². The standard InChI is InChI=1S/C18H21NO2/c1-6-8-11-14-19(17(20)21-18(3,4)5)16-13-10-9-12-15(16)7-2/h2,6,8-13H,1,14H2,3-5H3/b11-8-. The second kappa shape index (κ2) is 7.35. The van der Waals surface area contributed by atoms with Crippen molar-refractivity contribution in [3.8, 4) is 12.3 Å². The van der Waals surface area contributed by atoms with Gasteiger partial charge in [-0.2, -0.15) is 0 Å². The molecule has 0 fully saturated rings. The first-order valence-corrected chi connectivity index (χ1v) is 6.73. The Labute approximate surface area is 126 Å². The molecule has 0 unspecified atom stereocenters. The number of amides is 1. The maximum absolute atomic E-state index is 12.4. The van der Waals surface area contributed by atoms with Crippen LogP contribution in [0.15, 0.2) is 49.1 Å². The molecular formula is C18H21NO2. The second-order valence-electron chi connectivity index (χ2n) is 5.42. The molecule has 1 amide bonds. The summed E-state index contributed by atoms with van der Waals surface area (Å²) in [5, 5.41) is 0. The van der Waals surface area contributed by atoms with Gasteiger partial charge in [0.1, 0.15) is 5.60 Å². The molecule has 21 heavy (non-hydrogen) atoms. The fourth-order valence-electron chi connectivity index (χ4n) is 1.68. The van der Waals surface area contributed by atoms with E-state index < -0.39 is 11.7 Å². The number of terminal acetylenes is 1. The summed E-state index contributed by atoms with van der Waals surface area (Å²) >= 11 is 0. The number of carbonyl (C=O) groups is 1. The normalized spacial score (nSPS) is 11.0. The minimum Gasteiger partial charge on any atom is -0.443 e. The molecule has 110 valence electrons. The van der Waals surface area contributed by atoms with Crippen LogP contribution in [0.4, 0.5) is 10.5 Å². The van der Waals surface area contributed by atoms with E-state index in [0.29, 0.717) is 17.8 Å². The van der Waals surface area contributed by atoms with Gasteiger partial charge in [0.2, 0.25) is 0 Å². The van der Waals surface area contributed by atoms with Gasteiger partial charge in [-0.15, -0.1) is 6.42 Å². The lowest BCUT2D eigenvalue weighted by Gasteiger charge is -2.27. The molecule has 0 atom stereocenters. The predicted octanol–water partition coefficient (Wildman–Crippen LogP) is 4.15. The summed E-state index contributed by atoms with van der Waals surface area (Å²) < 4.78 is 5.44. The molecule has 0 saturated heterocycles. The van der Waals surface area contributed by atoms with E-state index in [1.165, 1.54) is 4.90 Å². The van der Waals surface area contributed by atoms with E-state index in [1.54, 1.807) is 24.3 Å². The summed E-state index contributed by atoms with van der Waals surface area (Å²) in [7, 11) is 0. The van der Waals surface area contributed by atoms with Crippen LogP contribution in [0, 0.1) is 12.3 Å². The number of hydrogen-bond donors (Lipinski definition) is 0. The molecule has 1 aromatic carbocycles. The molecule has 0 radical (unpaired) electrons. The van der Waals surface area contributed by atoms with Gasteiger partial charge in [-0.05, 0) is 32.9 Å².